The normalized spacial score (nSPS) is 26.3. The van der Waals surface area contributed by atoms with Crippen molar-refractivity contribution in [1.82, 2.24) is 9.80 Å². The minimum absolute atomic E-state index is 0.0365. The minimum Gasteiger partial charge on any atom is -0.340 e. The van der Waals surface area contributed by atoms with E-state index in [1.165, 1.54) is 0 Å². The number of rotatable bonds is 2. The van der Waals surface area contributed by atoms with Crippen LogP contribution < -0.4 is 5.73 Å². The van der Waals surface area contributed by atoms with Crippen molar-refractivity contribution in [1.29, 1.82) is 0 Å². The maximum absolute atomic E-state index is 11.8. The lowest BCUT2D eigenvalue weighted by Crippen LogP contribution is -2.53. The van der Waals surface area contributed by atoms with E-state index in [1.54, 1.807) is 0 Å². The molecule has 0 aromatic heterocycles. The summed E-state index contributed by atoms with van der Waals surface area (Å²) in [6, 6.07) is 0.456. The van der Waals surface area contributed by atoms with Crippen LogP contribution in [0.2, 0.25) is 0 Å². The summed E-state index contributed by atoms with van der Waals surface area (Å²) in [5.41, 5.74) is 5.48. The number of likely N-dealkylation sites (N-methyl/N-ethyl adjacent to an activating group) is 1. The molecule has 1 heterocycles. The zero-order valence-corrected chi connectivity index (χ0v) is 9.36. The number of piperazine rings is 1. The van der Waals surface area contributed by atoms with Crippen molar-refractivity contribution in [2.24, 2.45) is 11.7 Å². The highest BCUT2D eigenvalue weighted by Crippen LogP contribution is 2.10. The van der Waals surface area contributed by atoms with Gasteiger partial charge in [-0.2, -0.15) is 0 Å². The average molecular weight is 199 g/mol. The molecule has 0 aromatic rings. The van der Waals surface area contributed by atoms with Crippen LogP contribution in [0, 0.1) is 5.92 Å². The summed E-state index contributed by atoms with van der Waals surface area (Å²) in [6.45, 7) is 7.12. The zero-order valence-electron chi connectivity index (χ0n) is 9.36. The molecule has 1 aliphatic rings. The first kappa shape index (κ1) is 11.5. The Morgan fingerprint density at radius 1 is 1.57 bits per heavy atom. The summed E-state index contributed by atoms with van der Waals surface area (Å²) < 4.78 is 0. The maximum Gasteiger partial charge on any atom is 0.226 e. The van der Waals surface area contributed by atoms with Gasteiger partial charge >= 0.3 is 0 Å². The standard InChI is InChI=1S/C10H21N3O/c1-8(6-11)10(14)13-5-4-12(3)9(2)7-13/h8-9H,4-7,11H2,1-3H3. The highest BCUT2D eigenvalue weighted by molar-refractivity contribution is 5.78. The molecule has 1 rings (SSSR count). The summed E-state index contributed by atoms with van der Waals surface area (Å²) >= 11 is 0. The van der Waals surface area contributed by atoms with E-state index < -0.39 is 0 Å². The molecule has 1 saturated heterocycles. The smallest absolute Gasteiger partial charge is 0.226 e. The third-order valence-electron chi connectivity index (χ3n) is 3.05. The number of hydrogen-bond acceptors (Lipinski definition) is 3. The van der Waals surface area contributed by atoms with Crippen LogP contribution in [-0.4, -0.2) is 55.0 Å². The molecule has 0 saturated carbocycles. The van der Waals surface area contributed by atoms with Gasteiger partial charge < -0.3 is 15.5 Å². The molecule has 1 aliphatic heterocycles. The van der Waals surface area contributed by atoms with E-state index in [0.29, 0.717) is 12.6 Å². The van der Waals surface area contributed by atoms with Crippen LogP contribution in [0.3, 0.4) is 0 Å². The molecule has 1 amide bonds. The molecule has 0 aromatic carbocycles. The van der Waals surface area contributed by atoms with Crippen molar-refractivity contribution in [2.45, 2.75) is 19.9 Å². The molecule has 1 fully saturated rings. The number of carbonyl (C=O) groups is 1. The van der Waals surface area contributed by atoms with Gasteiger partial charge in [0.25, 0.3) is 0 Å². The van der Waals surface area contributed by atoms with Gasteiger partial charge in [0.05, 0.1) is 0 Å². The van der Waals surface area contributed by atoms with Gasteiger partial charge in [0, 0.05) is 38.1 Å². The third-order valence-corrected chi connectivity index (χ3v) is 3.05. The first-order valence-electron chi connectivity index (χ1n) is 5.25. The molecule has 14 heavy (non-hydrogen) atoms. The molecular formula is C10H21N3O. The third kappa shape index (κ3) is 2.45. The number of carbonyl (C=O) groups excluding carboxylic acids is 1. The lowest BCUT2D eigenvalue weighted by atomic mass is 10.1. The van der Waals surface area contributed by atoms with Crippen molar-refractivity contribution in [3.8, 4) is 0 Å². The van der Waals surface area contributed by atoms with E-state index in [9.17, 15) is 4.79 Å². The molecule has 0 spiro atoms. The average Bonchev–Trinajstić information content (AvgIpc) is 2.20. The van der Waals surface area contributed by atoms with Crippen LogP contribution in [0.1, 0.15) is 13.8 Å². The monoisotopic (exact) mass is 199 g/mol. The summed E-state index contributed by atoms with van der Waals surface area (Å²) in [5, 5.41) is 0. The SMILES string of the molecule is CC(CN)C(=O)N1CCN(C)C(C)C1. The van der Waals surface area contributed by atoms with Crippen LogP contribution in [0.15, 0.2) is 0 Å². The first-order chi connectivity index (χ1) is 6.56. The lowest BCUT2D eigenvalue weighted by molar-refractivity contribution is -0.137. The van der Waals surface area contributed by atoms with Crippen molar-refractivity contribution in [3.63, 3.8) is 0 Å². The van der Waals surface area contributed by atoms with Gasteiger partial charge in [0.1, 0.15) is 0 Å². The summed E-state index contributed by atoms with van der Waals surface area (Å²) in [5.74, 6) is 0.165. The first-order valence-corrected chi connectivity index (χ1v) is 5.25. The van der Waals surface area contributed by atoms with E-state index in [-0.39, 0.29) is 11.8 Å². The van der Waals surface area contributed by atoms with Crippen molar-refractivity contribution < 1.29 is 4.79 Å². The van der Waals surface area contributed by atoms with Crippen LogP contribution in [-0.2, 0) is 4.79 Å². The van der Waals surface area contributed by atoms with Crippen molar-refractivity contribution >= 4 is 5.91 Å². The second kappa shape index (κ2) is 4.75. The van der Waals surface area contributed by atoms with Gasteiger partial charge in [-0.25, -0.2) is 0 Å². The molecule has 82 valence electrons. The van der Waals surface area contributed by atoms with Gasteiger partial charge in [-0.05, 0) is 14.0 Å². The van der Waals surface area contributed by atoms with Crippen LogP contribution in [0.4, 0.5) is 0 Å². The second-order valence-corrected chi connectivity index (χ2v) is 4.25. The molecule has 2 unspecified atom stereocenters. The second-order valence-electron chi connectivity index (χ2n) is 4.25. The van der Waals surface area contributed by atoms with E-state index in [4.69, 9.17) is 5.73 Å². The minimum atomic E-state index is -0.0365. The topological polar surface area (TPSA) is 49.6 Å². The molecular weight excluding hydrogens is 178 g/mol. The number of hydrogen-bond donors (Lipinski definition) is 1. The Labute approximate surface area is 86.0 Å². The van der Waals surface area contributed by atoms with Crippen molar-refractivity contribution in [3.05, 3.63) is 0 Å². The highest BCUT2D eigenvalue weighted by Gasteiger charge is 2.26. The fraction of sp³-hybridized carbons (Fsp3) is 0.900. The quantitative estimate of drug-likeness (QED) is 0.667. The predicted octanol–water partition coefficient (Wildman–Crippen LogP) is -0.256. The van der Waals surface area contributed by atoms with Crippen LogP contribution >= 0.6 is 0 Å². The van der Waals surface area contributed by atoms with Gasteiger partial charge in [0.15, 0.2) is 0 Å². The Bertz CT molecular complexity index is 208. The highest BCUT2D eigenvalue weighted by atomic mass is 16.2. The molecule has 0 aliphatic carbocycles. The van der Waals surface area contributed by atoms with E-state index in [0.717, 1.165) is 19.6 Å². The van der Waals surface area contributed by atoms with Crippen LogP contribution in [0.5, 0.6) is 0 Å². The number of amides is 1. The predicted molar refractivity (Wildman–Crippen MR) is 56.9 cm³/mol. The molecule has 0 bridgehead atoms. The summed E-state index contributed by atoms with van der Waals surface area (Å²) in [4.78, 5) is 16.0. The van der Waals surface area contributed by atoms with Gasteiger partial charge in [0.2, 0.25) is 5.91 Å². The van der Waals surface area contributed by atoms with E-state index in [2.05, 4.69) is 18.9 Å². The number of nitrogens with zero attached hydrogens (tertiary/aromatic N) is 2. The van der Waals surface area contributed by atoms with Gasteiger partial charge in [-0.15, -0.1) is 0 Å². The molecule has 4 nitrogen and oxygen atoms in total. The van der Waals surface area contributed by atoms with Gasteiger partial charge in [-0.3, -0.25) is 4.79 Å². The zero-order chi connectivity index (χ0) is 10.7. The van der Waals surface area contributed by atoms with Gasteiger partial charge in [-0.1, -0.05) is 6.92 Å². The molecule has 2 N–H and O–H groups in total. The van der Waals surface area contributed by atoms with E-state index in [1.807, 2.05) is 11.8 Å². The van der Waals surface area contributed by atoms with Crippen molar-refractivity contribution in [2.75, 3.05) is 33.2 Å². The fourth-order valence-electron chi connectivity index (χ4n) is 1.66. The molecule has 4 heteroatoms. The van der Waals surface area contributed by atoms with E-state index >= 15 is 0 Å². The van der Waals surface area contributed by atoms with Crippen LogP contribution in [0.25, 0.3) is 0 Å². The Hall–Kier alpha value is -0.610. The maximum atomic E-state index is 11.8. The Kier molecular flexibility index (Phi) is 3.89. The Balaban J connectivity index is 2.50. The Morgan fingerprint density at radius 3 is 2.71 bits per heavy atom. The fourth-order valence-corrected chi connectivity index (χ4v) is 1.66. The lowest BCUT2D eigenvalue weighted by Gasteiger charge is -2.38. The largest absolute Gasteiger partial charge is 0.340 e. The Morgan fingerprint density at radius 2 is 2.21 bits per heavy atom. The molecule has 0 radical (unpaired) electrons. The summed E-state index contributed by atoms with van der Waals surface area (Å²) in [7, 11) is 2.10. The molecule has 2 atom stereocenters. The summed E-state index contributed by atoms with van der Waals surface area (Å²) in [6.07, 6.45) is 0. The number of nitrogens with two attached hydrogens (primary N) is 1.